The summed E-state index contributed by atoms with van der Waals surface area (Å²) in [6.07, 6.45) is -17.6. The number of β-amino-alcohol motifs (C(OH)–C–C–N with tert-alkyl or cyclic N) is 1. The molecule has 2 atom stereocenters. The third kappa shape index (κ3) is 6.01. The lowest BCUT2D eigenvalue weighted by molar-refractivity contribution is -0.200. The molecular weight excluding hydrogens is 527 g/mol. The summed E-state index contributed by atoms with van der Waals surface area (Å²) >= 11 is 0. The lowest BCUT2D eigenvalue weighted by Gasteiger charge is -2.45. The molecule has 1 aliphatic heterocycles. The predicted octanol–water partition coefficient (Wildman–Crippen LogP) is 7.22. The van der Waals surface area contributed by atoms with Gasteiger partial charge in [0.1, 0.15) is 0 Å². The number of halogens is 9. The molecule has 3 nitrogen and oxygen atoms in total. The van der Waals surface area contributed by atoms with Gasteiger partial charge in [0.15, 0.2) is 6.10 Å². The first kappa shape index (κ1) is 27.6. The molecule has 0 bridgehead atoms. The average molecular weight is 548 g/mol. The molecule has 38 heavy (non-hydrogen) atoms. The van der Waals surface area contributed by atoms with Crippen LogP contribution in [0.1, 0.15) is 28.3 Å². The van der Waals surface area contributed by atoms with Crippen molar-refractivity contribution >= 4 is 11.4 Å². The van der Waals surface area contributed by atoms with E-state index in [2.05, 4.69) is 0 Å². The number of aliphatic hydroxyl groups excluding tert-OH is 1. The highest BCUT2D eigenvalue weighted by molar-refractivity contribution is 5.74. The number of nitrogens with zero attached hydrogens (tertiary/aromatic N) is 2. The van der Waals surface area contributed by atoms with Crippen LogP contribution in [0.4, 0.5) is 50.9 Å². The van der Waals surface area contributed by atoms with E-state index in [9.17, 15) is 44.6 Å². The molecule has 0 aliphatic carbocycles. The van der Waals surface area contributed by atoms with Crippen LogP contribution in [0, 0.1) is 0 Å². The molecule has 1 N–H and O–H groups in total. The van der Waals surface area contributed by atoms with E-state index in [1.165, 1.54) is 21.9 Å². The molecule has 0 fully saturated rings. The van der Waals surface area contributed by atoms with Gasteiger partial charge < -0.3 is 14.9 Å². The van der Waals surface area contributed by atoms with Crippen molar-refractivity contribution in [3.8, 4) is 0 Å². The first-order valence-corrected chi connectivity index (χ1v) is 11.3. The van der Waals surface area contributed by atoms with Gasteiger partial charge in [-0.25, -0.2) is 0 Å². The van der Waals surface area contributed by atoms with Crippen LogP contribution in [0.25, 0.3) is 0 Å². The number of hydrogen-bond donors (Lipinski definition) is 1. The van der Waals surface area contributed by atoms with Crippen LogP contribution in [0.5, 0.6) is 0 Å². The number of alkyl halides is 9. The van der Waals surface area contributed by atoms with Crippen LogP contribution in [-0.2, 0) is 18.9 Å². The van der Waals surface area contributed by atoms with Crippen molar-refractivity contribution in [2.24, 2.45) is 0 Å². The van der Waals surface area contributed by atoms with Gasteiger partial charge in [-0.05, 0) is 41.5 Å². The minimum Gasteiger partial charge on any atom is -0.382 e. The van der Waals surface area contributed by atoms with Crippen molar-refractivity contribution in [2.45, 2.75) is 37.2 Å². The minimum atomic E-state index is -5.02. The third-order valence-electron chi connectivity index (χ3n) is 6.25. The monoisotopic (exact) mass is 548 g/mol. The molecule has 3 aromatic carbocycles. The number of fused-ring (bicyclic) bond motifs is 1. The number of rotatable bonds is 5. The van der Waals surface area contributed by atoms with Crippen LogP contribution in [0.3, 0.4) is 0 Å². The van der Waals surface area contributed by atoms with Gasteiger partial charge in [0.25, 0.3) is 0 Å². The average Bonchev–Trinajstić information content (AvgIpc) is 2.84. The van der Waals surface area contributed by atoms with E-state index in [4.69, 9.17) is 0 Å². The number of anilines is 2. The van der Waals surface area contributed by atoms with Crippen LogP contribution in [0.15, 0.2) is 72.8 Å². The molecule has 12 heteroatoms. The number of benzene rings is 3. The zero-order valence-corrected chi connectivity index (χ0v) is 19.4. The van der Waals surface area contributed by atoms with Crippen LogP contribution < -0.4 is 9.80 Å². The van der Waals surface area contributed by atoms with Crippen LogP contribution in [-0.4, -0.2) is 30.5 Å². The van der Waals surface area contributed by atoms with E-state index in [1.807, 2.05) is 0 Å². The van der Waals surface area contributed by atoms with Gasteiger partial charge >= 0.3 is 18.5 Å². The molecular formula is C26H21F9N2O. The molecule has 0 spiro atoms. The summed E-state index contributed by atoms with van der Waals surface area (Å²) in [7, 11) is 0. The summed E-state index contributed by atoms with van der Waals surface area (Å²) in [5.74, 6) is 0. The number of hydrogen-bond acceptors (Lipinski definition) is 3. The Balaban J connectivity index is 1.79. The SMILES string of the molecule is OC(CN1c2ccccc2N(Cc2cc(C(F)(F)F)cc(C(F)(F)F)c2)CC1c1ccccc1)C(F)(F)F. The fourth-order valence-corrected chi connectivity index (χ4v) is 4.50. The highest BCUT2D eigenvalue weighted by atomic mass is 19.4. The van der Waals surface area contributed by atoms with Gasteiger partial charge in [-0.15, -0.1) is 0 Å². The van der Waals surface area contributed by atoms with Crippen molar-refractivity contribution in [1.29, 1.82) is 0 Å². The van der Waals surface area contributed by atoms with E-state index in [1.54, 1.807) is 42.5 Å². The quantitative estimate of drug-likeness (QED) is 0.341. The third-order valence-corrected chi connectivity index (χ3v) is 6.25. The number of aliphatic hydroxyl groups is 1. The van der Waals surface area contributed by atoms with Gasteiger partial charge in [-0.3, -0.25) is 0 Å². The maximum absolute atomic E-state index is 13.4. The molecule has 0 aromatic heterocycles. The van der Waals surface area contributed by atoms with Crippen molar-refractivity contribution in [3.05, 3.63) is 95.1 Å². The molecule has 3 aromatic rings. The summed E-state index contributed by atoms with van der Waals surface area (Å²) < 4.78 is 120. The van der Waals surface area contributed by atoms with E-state index < -0.39 is 48.3 Å². The van der Waals surface area contributed by atoms with Gasteiger partial charge in [0.2, 0.25) is 0 Å². The van der Waals surface area contributed by atoms with E-state index in [0.29, 0.717) is 23.4 Å². The Morgan fingerprint density at radius 1 is 0.737 bits per heavy atom. The molecule has 1 aliphatic rings. The van der Waals surface area contributed by atoms with Gasteiger partial charge in [-0.1, -0.05) is 42.5 Å². The van der Waals surface area contributed by atoms with Crippen molar-refractivity contribution in [3.63, 3.8) is 0 Å². The van der Waals surface area contributed by atoms with Crippen molar-refractivity contribution < 1.29 is 44.6 Å². The Kier molecular flexibility index (Phi) is 7.30. The summed E-state index contributed by atoms with van der Waals surface area (Å²) in [5.41, 5.74) is -2.07. The smallest absolute Gasteiger partial charge is 0.382 e. The second-order valence-electron chi connectivity index (χ2n) is 8.92. The predicted molar refractivity (Wildman–Crippen MR) is 123 cm³/mol. The van der Waals surface area contributed by atoms with Crippen LogP contribution >= 0.6 is 0 Å². The van der Waals surface area contributed by atoms with Gasteiger partial charge in [-0.2, -0.15) is 39.5 Å². The zero-order chi connectivity index (χ0) is 27.9. The first-order chi connectivity index (χ1) is 17.6. The maximum Gasteiger partial charge on any atom is 0.416 e. The van der Waals surface area contributed by atoms with Gasteiger partial charge in [0.05, 0.1) is 35.1 Å². The Morgan fingerprint density at radius 3 is 1.79 bits per heavy atom. The second-order valence-corrected chi connectivity index (χ2v) is 8.92. The summed E-state index contributed by atoms with van der Waals surface area (Å²) in [6, 6.07) is 14.9. The Hall–Kier alpha value is -3.41. The fourth-order valence-electron chi connectivity index (χ4n) is 4.50. The maximum atomic E-state index is 13.4. The zero-order valence-electron chi connectivity index (χ0n) is 19.4. The summed E-state index contributed by atoms with van der Waals surface area (Å²) in [4.78, 5) is 2.88. The molecule has 1 heterocycles. The second kappa shape index (κ2) is 10.0. The fraction of sp³-hybridized carbons (Fsp3) is 0.308. The minimum absolute atomic E-state index is 0.0423. The number of para-hydroxylation sites is 2. The Bertz CT molecular complexity index is 1220. The topological polar surface area (TPSA) is 26.7 Å². The van der Waals surface area contributed by atoms with Crippen molar-refractivity contribution in [1.82, 2.24) is 0 Å². The van der Waals surface area contributed by atoms with Gasteiger partial charge in [0, 0.05) is 13.1 Å². The lowest BCUT2D eigenvalue weighted by atomic mass is 9.97. The summed E-state index contributed by atoms with van der Waals surface area (Å²) in [5, 5.41) is 9.85. The molecule has 204 valence electrons. The molecule has 0 saturated carbocycles. The standard InChI is InChI=1S/C26H21F9N2O/c27-24(28,29)18-10-16(11-19(12-18)25(30,31)32)13-36-14-22(17-6-2-1-3-7-17)37(15-23(38)26(33,34)35)21-9-5-4-8-20(21)36/h1-12,22-23,38H,13-15H2. The molecule has 0 radical (unpaired) electrons. The first-order valence-electron chi connectivity index (χ1n) is 11.3. The van der Waals surface area contributed by atoms with Crippen molar-refractivity contribution in [2.75, 3.05) is 22.9 Å². The molecule has 4 rings (SSSR count). The van der Waals surface area contributed by atoms with E-state index >= 15 is 0 Å². The highest BCUT2D eigenvalue weighted by Gasteiger charge is 2.43. The molecule has 0 saturated heterocycles. The van der Waals surface area contributed by atoms with E-state index in [-0.39, 0.29) is 30.4 Å². The lowest BCUT2D eigenvalue weighted by Crippen LogP contribution is -2.49. The largest absolute Gasteiger partial charge is 0.416 e. The van der Waals surface area contributed by atoms with E-state index in [0.717, 1.165) is 0 Å². The van der Waals surface area contributed by atoms with Crippen LogP contribution in [0.2, 0.25) is 0 Å². The summed E-state index contributed by atoms with van der Waals surface area (Å²) in [6.45, 7) is -1.26. The normalized spacial score (nSPS) is 17.4. The Labute approximate surface area is 211 Å². The Morgan fingerprint density at radius 2 is 1.26 bits per heavy atom. The molecule has 0 amide bonds. The molecule has 2 unspecified atom stereocenters. The highest BCUT2D eigenvalue weighted by Crippen LogP contribution is 2.43.